The van der Waals surface area contributed by atoms with Gasteiger partial charge in [0.15, 0.2) is 0 Å². The van der Waals surface area contributed by atoms with E-state index in [4.69, 9.17) is 0 Å². The highest BCUT2D eigenvalue weighted by Crippen LogP contribution is 2.35. The lowest BCUT2D eigenvalue weighted by molar-refractivity contribution is 0.0257. The first-order chi connectivity index (χ1) is 17.4. The molecule has 4 heterocycles. The number of carbonyl (C=O) groups excluding carboxylic acids is 1. The third-order valence-corrected chi connectivity index (χ3v) is 7.44. The summed E-state index contributed by atoms with van der Waals surface area (Å²) in [5, 5.41) is 11.6. The van der Waals surface area contributed by atoms with Gasteiger partial charge in [-0.25, -0.2) is 18.9 Å². The zero-order chi connectivity index (χ0) is 24.9. The van der Waals surface area contributed by atoms with Crippen molar-refractivity contribution in [3.8, 4) is 0 Å². The molecule has 0 spiro atoms. The van der Waals surface area contributed by atoms with Gasteiger partial charge in [0.2, 0.25) is 0 Å². The van der Waals surface area contributed by atoms with E-state index in [1.807, 2.05) is 24.3 Å². The molecular weight excluding hydrogens is 466 g/mol. The summed E-state index contributed by atoms with van der Waals surface area (Å²) in [6.07, 6.45) is 6.39. The molecule has 1 aliphatic carbocycles. The standard InChI is InChI=1S/C26H26F2N6O2/c27-26(28)10-12-33(15-26)18-9-11-34-21(14-29-22(34)13-18)25(36)30-17-7-5-16(6-8-17)23-19-3-1-2-4-20(19)24(35)32-31-23/h1-4,9,11,13-14,16-17H,5-8,10,12,15H2,(H,30,36)(H,32,35). The third-order valence-electron chi connectivity index (χ3n) is 7.44. The molecule has 2 fully saturated rings. The highest BCUT2D eigenvalue weighted by Gasteiger charge is 2.38. The predicted molar refractivity (Wildman–Crippen MR) is 132 cm³/mol. The van der Waals surface area contributed by atoms with Crippen molar-refractivity contribution >= 4 is 28.0 Å². The van der Waals surface area contributed by atoms with E-state index in [0.717, 1.165) is 36.8 Å². The van der Waals surface area contributed by atoms with Gasteiger partial charge in [0.1, 0.15) is 11.3 Å². The molecule has 36 heavy (non-hydrogen) atoms. The van der Waals surface area contributed by atoms with E-state index in [1.165, 1.54) is 6.20 Å². The summed E-state index contributed by atoms with van der Waals surface area (Å²) in [5.74, 6) is -2.67. The Morgan fingerprint density at radius 2 is 1.89 bits per heavy atom. The van der Waals surface area contributed by atoms with E-state index in [-0.39, 0.29) is 36.4 Å². The number of imidazole rings is 1. The Bertz CT molecular complexity index is 1510. The number of aromatic nitrogens is 4. The first kappa shape index (κ1) is 22.6. The number of nitrogens with one attached hydrogen (secondary N) is 2. The number of aromatic amines is 1. The fourth-order valence-electron chi connectivity index (χ4n) is 5.51. The number of rotatable bonds is 4. The van der Waals surface area contributed by atoms with E-state index < -0.39 is 5.92 Å². The van der Waals surface area contributed by atoms with Crippen LogP contribution in [0.15, 0.2) is 53.6 Å². The summed E-state index contributed by atoms with van der Waals surface area (Å²) in [4.78, 5) is 31.1. The van der Waals surface area contributed by atoms with Crippen molar-refractivity contribution in [2.45, 2.75) is 50.0 Å². The lowest BCUT2D eigenvalue weighted by atomic mass is 9.82. The SMILES string of the molecule is O=C(NC1CCC(c2n[nH]c(=O)c3ccccc23)CC1)c1cnc2cc(N3CCC(F)(F)C3)ccn12. The number of hydrogen-bond donors (Lipinski definition) is 2. The van der Waals surface area contributed by atoms with Crippen molar-refractivity contribution in [1.82, 2.24) is 24.9 Å². The first-order valence-corrected chi connectivity index (χ1v) is 12.3. The molecule has 8 nitrogen and oxygen atoms in total. The molecule has 1 saturated heterocycles. The van der Waals surface area contributed by atoms with E-state index in [9.17, 15) is 18.4 Å². The number of carbonyl (C=O) groups is 1. The van der Waals surface area contributed by atoms with Crippen LogP contribution in [-0.4, -0.2) is 50.5 Å². The summed E-state index contributed by atoms with van der Waals surface area (Å²) < 4.78 is 28.9. The maximum absolute atomic E-state index is 13.6. The zero-order valence-corrected chi connectivity index (χ0v) is 19.6. The second kappa shape index (κ2) is 8.69. The van der Waals surface area contributed by atoms with Gasteiger partial charge in [0.05, 0.1) is 23.8 Å². The molecule has 1 saturated carbocycles. The van der Waals surface area contributed by atoms with Crippen LogP contribution in [0, 0.1) is 0 Å². The number of halogens is 2. The fraction of sp³-hybridized carbons (Fsp3) is 0.385. The lowest BCUT2D eigenvalue weighted by Crippen LogP contribution is -2.38. The Balaban J connectivity index is 1.12. The zero-order valence-electron chi connectivity index (χ0n) is 19.6. The minimum atomic E-state index is -2.67. The Morgan fingerprint density at radius 3 is 2.64 bits per heavy atom. The maximum atomic E-state index is 13.6. The highest BCUT2D eigenvalue weighted by molar-refractivity contribution is 5.93. The van der Waals surface area contributed by atoms with Crippen LogP contribution in [0.5, 0.6) is 0 Å². The summed E-state index contributed by atoms with van der Waals surface area (Å²) in [5.41, 5.74) is 2.36. The number of H-pyrrole nitrogens is 1. The topological polar surface area (TPSA) is 95.4 Å². The van der Waals surface area contributed by atoms with Crippen molar-refractivity contribution in [2.75, 3.05) is 18.0 Å². The predicted octanol–water partition coefficient (Wildman–Crippen LogP) is 3.87. The molecule has 0 atom stereocenters. The van der Waals surface area contributed by atoms with Gasteiger partial charge >= 0.3 is 0 Å². The average molecular weight is 493 g/mol. The van der Waals surface area contributed by atoms with Gasteiger partial charge in [-0.2, -0.15) is 5.10 Å². The van der Waals surface area contributed by atoms with Gasteiger partial charge in [-0.3, -0.25) is 14.0 Å². The van der Waals surface area contributed by atoms with Crippen molar-refractivity contribution in [3.05, 3.63) is 70.5 Å². The van der Waals surface area contributed by atoms with Crippen LogP contribution < -0.4 is 15.8 Å². The van der Waals surface area contributed by atoms with Crippen LogP contribution in [0.2, 0.25) is 0 Å². The summed E-state index contributed by atoms with van der Waals surface area (Å²) in [7, 11) is 0. The molecule has 1 aromatic carbocycles. The van der Waals surface area contributed by atoms with Crippen LogP contribution in [0.1, 0.15) is 54.2 Å². The van der Waals surface area contributed by atoms with Crippen molar-refractivity contribution < 1.29 is 13.6 Å². The van der Waals surface area contributed by atoms with Gasteiger partial charge in [-0.1, -0.05) is 18.2 Å². The largest absolute Gasteiger partial charge is 0.365 e. The number of alkyl halides is 2. The number of nitrogens with zero attached hydrogens (tertiary/aromatic N) is 4. The Hall–Kier alpha value is -3.82. The second-order valence-electron chi connectivity index (χ2n) is 9.79. The minimum Gasteiger partial charge on any atom is -0.365 e. The molecule has 0 radical (unpaired) electrons. The summed E-state index contributed by atoms with van der Waals surface area (Å²) in [6.45, 7) is -0.00540. The Labute approximate surface area is 205 Å². The summed E-state index contributed by atoms with van der Waals surface area (Å²) >= 11 is 0. The van der Waals surface area contributed by atoms with Crippen LogP contribution in [0.25, 0.3) is 16.4 Å². The van der Waals surface area contributed by atoms with Crippen molar-refractivity contribution in [3.63, 3.8) is 0 Å². The molecule has 6 rings (SSSR count). The summed E-state index contributed by atoms with van der Waals surface area (Å²) in [6, 6.07) is 11.0. The Kier molecular flexibility index (Phi) is 5.46. The number of fused-ring (bicyclic) bond motifs is 2. The molecule has 2 aliphatic rings. The molecule has 10 heteroatoms. The van der Waals surface area contributed by atoms with Crippen LogP contribution in [0.4, 0.5) is 14.5 Å². The van der Waals surface area contributed by atoms with Gasteiger partial charge in [-0.05, 0) is 37.8 Å². The average Bonchev–Trinajstić information content (AvgIpc) is 3.47. The molecule has 4 aromatic rings. The monoisotopic (exact) mass is 492 g/mol. The molecule has 1 aliphatic heterocycles. The van der Waals surface area contributed by atoms with Crippen LogP contribution >= 0.6 is 0 Å². The van der Waals surface area contributed by atoms with Crippen LogP contribution in [-0.2, 0) is 0 Å². The fourth-order valence-corrected chi connectivity index (χ4v) is 5.51. The maximum Gasteiger partial charge on any atom is 0.272 e. The van der Waals surface area contributed by atoms with E-state index in [2.05, 4.69) is 20.5 Å². The molecular formula is C26H26F2N6O2. The molecule has 186 valence electrons. The van der Waals surface area contributed by atoms with Gasteiger partial charge in [-0.15, -0.1) is 0 Å². The third kappa shape index (κ3) is 4.10. The number of pyridine rings is 1. The smallest absolute Gasteiger partial charge is 0.272 e. The van der Waals surface area contributed by atoms with Gasteiger partial charge in [0, 0.05) is 48.3 Å². The number of anilines is 1. The number of benzene rings is 1. The van der Waals surface area contributed by atoms with Gasteiger partial charge in [0.25, 0.3) is 17.4 Å². The van der Waals surface area contributed by atoms with E-state index in [0.29, 0.717) is 29.0 Å². The lowest BCUT2D eigenvalue weighted by Gasteiger charge is -2.29. The molecule has 2 N–H and O–H groups in total. The van der Waals surface area contributed by atoms with E-state index in [1.54, 1.807) is 27.6 Å². The number of amides is 1. The Morgan fingerprint density at radius 1 is 1.11 bits per heavy atom. The molecule has 1 amide bonds. The van der Waals surface area contributed by atoms with E-state index >= 15 is 0 Å². The second-order valence-corrected chi connectivity index (χ2v) is 9.79. The quantitative estimate of drug-likeness (QED) is 0.451. The van der Waals surface area contributed by atoms with Crippen molar-refractivity contribution in [2.24, 2.45) is 0 Å². The normalized spacial score (nSPS) is 21.8. The van der Waals surface area contributed by atoms with Crippen LogP contribution in [0.3, 0.4) is 0 Å². The van der Waals surface area contributed by atoms with Crippen molar-refractivity contribution in [1.29, 1.82) is 0 Å². The minimum absolute atomic E-state index is 0.0273. The highest BCUT2D eigenvalue weighted by atomic mass is 19.3. The molecule has 0 bridgehead atoms. The number of hydrogen-bond acceptors (Lipinski definition) is 5. The molecule has 3 aromatic heterocycles. The first-order valence-electron chi connectivity index (χ1n) is 12.3. The molecule has 0 unspecified atom stereocenters. The van der Waals surface area contributed by atoms with Gasteiger partial charge < -0.3 is 10.2 Å².